The topological polar surface area (TPSA) is 12.5 Å². The van der Waals surface area contributed by atoms with Crippen molar-refractivity contribution in [1.82, 2.24) is 4.90 Å². The molecule has 0 bridgehead atoms. The van der Waals surface area contributed by atoms with E-state index in [-0.39, 0.29) is 0 Å². The highest BCUT2D eigenvalue weighted by Gasteiger charge is 2.09. The van der Waals surface area contributed by atoms with E-state index in [9.17, 15) is 0 Å². The van der Waals surface area contributed by atoms with E-state index in [4.69, 9.17) is 4.74 Å². The van der Waals surface area contributed by atoms with E-state index in [0.29, 0.717) is 0 Å². The van der Waals surface area contributed by atoms with Crippen LogP contribution in [0.1, 0.15) is 11.1 Å². The lowest BCUT2D eigenvalue weighted by molar-refractivity contribution is 0.0384. The maximum Gasteiger partial charge on any atom is 0.0594 e. The van der Waals surface area contributed by atoms with Gasteiger partial charge in [0.1, 0.15) is 0 Å². The zero-order valence-electron chi connectivity index (χ0n) is 9.69. The third-order valence-electron chi connectivity index (χ3n) is 3.01. The van der Waals surface area contributed by atoms with Gasteiger partial charge >= 0.3 is 0 Å². The Morgan fingerprint density at radius 3 is 2.88 bits per heavy atom. The number of hydrogen-bond donors (Lipinski definition) is 0. The van der Waals surface area contributed by atoms with Crippen LogP contribution in [0.15, 0.2) is 30.8 Å². The van der Waals surface area contributed by atoms with Crippen LogP contribution in [-0.4, -0.2) is 37.7 Å². The van der Waals surface area contributed by atoms with Crippen molar-refractivity contribution < 1.29 is 4.74 Å². The fraction of sp³-hybridized carbons (Fsp3) is 0.429. The summed E-state index contributed by atoms with van der Waals surface area (Å²) in [4.78, 5) is 2.46. The lowest BCUT2D eigenvalue weighted by Crippen LogP contribution is -2.37. The molecule has 1 saturated heterocycles. The first-order chi connectivity index (χ1) is 7.88. The molecule has 0 N–H and O–H groups in total. The van der Waals surface area contributed by atoms with Crippen molar-refractivity contribution in [2.45, 2.75) is 6.42 Å². The molecule has 0 spiro atoms. The monoisotopic (exact) mass is 217 g/mol. The number of benzene rings is 1. The molecule has 0 amide bonds. The average molecular weight is 217 g/mol. The van der Waals surface area contributed by atoms with Crippen LogP contribution in [0.3, 0.4) is 0 Å². The normalized spacial score (nSPS) is 17.2. The summed E-state index contributed by atoms with van der Waals surface area (Å²) in [7, 11) is 0. The fourth-order valence-electron chi connectivity index (χ4n) is 1.99. The summed E-state index contributed by atoms with van der Waals surface area (Å²) < 4.78 is 5.33. The molecule has 0 saturated carbocycles. The summed E-state index contributed by atoms with van der Waals surface area (Å²) >= 11 is 0. The Kier molecular flexibility index (Phi) is 4.14. The lowest BCUT2D eigenvalue weighted by atomic mass is 10.1. The first-order valence-electron chi connectivity index (χ1n) is 5.90. The highest BCUT2D eigenvalue weighted by molar-refractivity contribution is 5.47. The Morgan fingerprint density at radius 1 is 1.31 bits per heavy atom. The molecule has 1 aliphatic rings. The Labute approximate surface area is 97.5 Å². The second-order valence-electron chi connectivity index (χ2n) is 4.15. The predicted octanol–water partition coefficient (Wildman–Crippen LogP) is 2.20. The van der Waals surface area contributed by atoms with E-state index in [1.165, 1.54) is 11.1 Å². The van der Waals surface area contributed by atoms with Gasteiger partial charge in [-0.15, -0.1) is 0 Å². The lowest BCUT2D eigenvalue weighted by Gasteiger charge is -2.26. The molecule has 0 unspecified atom stereocenters. The summed E-state index contributed by atoms with van der Waals surface area (Å²) in [6, 6.07) is 8.60. The van der Waals surface area contributed by atoms with Gasteiger partial charge < -0.3 is 4.74 Å². The van der Waals surface area contributed by atoms with Crippen molar-refractivity contribution in [3.05, 3.63) is 42.0 Å². The molecule has 0 aromatic heterocycles. The highest BCUT2D eigenvalue weighted by Crippen LogP contribution is 2.08. The minimum Gasteiger partial charge on any atom is -0.379 e. The first-order valence-corrected chi connectivity index (χ1v) is 5.90. The van der Waals surface area contributed by atoms with E-state index >= 15 is 0 Å². The average Bonchev–Trinajstić information content (AvgIpc) is 2.38. The van der Waals surface area contributed by atoms with Crippen molar-refractivity contribution in [1.29, 1.82) is 0 Å². The molecule has 1 heterocycles. The minimum atomic E-state index is 0.882. The largest absolute Gasteiger partial charge is 0.379 e. The second kappa shape index (κ2) is 5.83. The van der Waals surface area contributed by atoms with Crippen molar-refractivity contribution in [3.63, 3.8) is 0 Å². The van der Waals surface area contributed by atoms with Gasteiger partial charge in [-0.1, -0.05) is 36.9 Å². The molecule has 86 valence electrons. The van der Waals surface area contributed by atoms with Gasteiger partial charge in [-0.05, 0) is 17.5 Å². The van der Waals surface area contributed by atoms with E-state index < -0.39 is 0 Å². The standard InChI is InChI=1S/C14H19NO/c1-2-13-4-3-5-14(12-13)6-7-15-8-10-16-11-9-15/h2-5,12H,1,6-11H2. The van der Waals surface area contributed by atoms with E-state index in [2.05, 4.69) is 35.7 Å². The van der Waals surface area contributed by atoms with Crippen LogP contribution in [0, 0.1) is 0 Å². The molecule has 16 heavy (non-hydrogen) atoms. The van der Waals surface area contributed by atoms with Crippen molar-refractivity contribution in [2.75, 3.05) is 32.8 Å². The molecule has 0 aliphatic carbocycles. The highest BCUT2D eigenvalue weighted by atomic mass is 16.5. The molecule has 2 heteroatoms. The molecule has 0 radical (unpaired) electrons. The molecule has 2 rings (SSSR count). The van der Waals surface area contributed by atoms with Crippen LogP contribution in [-0.2, 0) is 11.2 Å². The van der Waals surface area contributed by atoms with Crippen LogP contribution < -0.4 is 0 Å². The number of rotatable bonds is 4. The molecule has 2 nitrogen and oxygen atoms in total. The second-order valence-corrected chi connectivity index (χ2v) is 4.15. The van der Waals surface area contributed by atoms with Gasteiger partial charge in [0, 0.05) is 19.6 Å². The molecule has 0 atom stereocenters. The minimum absolute atomic E-state index is 0.882. The molecule has 1 aromatic carbocycles. The SMILES string of the molecule is C=Cc1cccc(CCN2CCOCC2)c1. The van der Waals surface area contributed by atoms with Crippen molar-refractivity contribution in [3.8, 4) is 0 Å². The quantitative estimate of drug-likeness (QED) is 0.766. The Hall–Kier alpha value is -1.12. The molecule has 1 fully saturated rings. The van der Waals surface area contributed by atoms with Crippen LogP contribution in [0.5, 0.6) is 0 Å². The van der Waals surface area contributed by atoms with Gasteiger partial charge in [0.2, 0.25) is 0 Å². The summed E-state index contributed by atoms with van der Waals surface area (Å²) in [5, 5.41) is 0. The third kappa shape index (κ3) is 3.19. The van der Waals surface area contributed by atoms with Crippen LogP contribution >= 0.6 is 0 Å². The summed E-state index contributed by atoms with van der Waals surface area (Å²) in [5.74, 6) is 0. The predicted molar refractivity (Wildman–Crippen MR) is 67.5 cm³/mol. The number of nitrogens with zero attached hydrogens (tertiary/aromatic N) is 1. The summed E-state index contributed by atoms with van der Waals surface area (Å²) in [6.07, 6.45) is 3.01. The maximum absolute atomic E-state index is 5.33. The number of ether oxygens (including phenoxy) is 1. The van der Waals surface area contributed by atoms with E-state index in [1.54, 1.807) is 0 Å². The Balaban J connectivity index is 1.85. The summed E-state index contributed by atoms with van der Waals surface area (Å²) in [6.45, 7) is 8.83. The van der Waals surface area contributed by atoms with Crippen molar-refractivity contribution in [2.24, 2.45) is 0 Å². The van der Waals surface area contributed by atoms with Gasteiger partial charge in [0.25, 0.3) is 0 Å². The van der Waals surface area contributed by atoms with Gasteiger partial charge in [-0.3, -0.25) is 4.90 Å². The zero-order valence-corrected chi connectivity index (χ0v) is 9.69. The third-order valence-corrected chi connectivity index (χ3v) is 3.01. The molecular formula is C14H19NO. The smallest absolute Gasteiger partial charge is 0.0594 e. The molecule has 1 aromatic rings. The van der Waals surface area contributed by atoms with Crippen LogP contribution in [0.2, 0.25) is 0 Å². The van der Waals surface area contributed by atoms with E-state index in [1.807, 2.05) is 6.08 Å². The van der Waals surface area contributed by atoms with Crippen LogP contribution in [0.25, 0.3) is 6.08 Å². The van der Waals surface area contributed by atoms with Crippen LogP contribution in [0.4, 0.5) is 0 Å². The fourth-order valence-corrected chi connectivity index (χ4v) is 1.99. The Morgan fingerprint density at radius 2 is 2.12 bits per heavy atom. The molecular weight excluding hydrogens is 198 g/mol. The maximum atomic E-state index is 5.33. The van der Waals surface area contributed by atoms with E-state index in [0.717, 1.165) is 39.3 Å². The van der Waals surface area contributed by atoms with Gasteiger partial charge in [0.05, 0.1) is 13.2 Å². The number of hydrogen-bond acceptors (Lipinski definition) is 2. The van der Waals surface area contributed by atoms with Crippen molar-refractivity contribution >= 4 is 6.08 Å². The van der Waals surface area contributed by atoms with Gasteiger partial charge in [-0.2, -0.15) is 0 Å². The Bertz CT molecular complexity index is 342. The van der Waals surface area contributed by atoms with Gasteiger partial charge in [0.15, 0.2) is 0 Å². The molecule has 1 aliphatic heterocycles. The number of morpholine rings is 1. The van der Waals surface area contributed by atoms with Gasteiger partial charge in [-0.25, -0.2) is 0 Å². The first kappa shape index (κ1) is 11.4. The summed E-state index contributed by atoms with van der Waals surface area (Å²) in [5.41, 5.74) is 2.60. The zero-order chi connectivity index (χ0) is 11.2.